The van der Waals surface area contributed by atoms with E-state index in [4.69, 9.17) is 4.74 Å². The third-order valence-electron chi connectivity index (χ3n) is 5.88. The van der Waals surface area contributed by atoms with Crippen molar-refractivity contribution >= 4 is 49.4 Å². The number of aromatic nitrogens is 1. The Morgan fingerprint density at radius 1 is 1.37 bits per heavy atom. The van der Waals surface area contributed by atoms with Crippen molar-refractivity contribution in [3.8, 4) is 5.75 Å². The minimum absolute atomic E-state index is 0. The SMILES string of the molecule is C[C@H]1COc2c(C3=C[C@H]4CNCCN4C3)c(F)cc3c(=O)c(C(=O)O)cn1c23.S.S. The number of nitrogens with zero attached hydrogens (tertiary/aromatic N) is 2. The van der Waals surface area contributed by atoms with Gasteiger partial charge in [-0.25, -0.2) is 9.18 Å². The molecule has 162 valence electrons. The van der Waals surface area contributed by atoms with E-state index in [1.54, 1.807) is 4.57 Å². The van der Waals surface area contributed by atoms with Crippen molar-refractivity contribution in [1.29, 1.82) is 0 Å². The van der Waals surface area contributed by atoms with Gasteiger partial charge >= 0.3 is 5.97 Å². The molecule has 1 fully saturated rings. The van der Waals surface area contributed by atoms with Crippen molar-refractivity contribution in [2.75, 3.05) is 32.8 Å². The van der Waals surface area contributed by atoms with Crippen molar-refractivity contribution in [2.45, 2.75) is 19.0 Å². The zero-order valence-electron chi connectivity index (χ0n) is 16.4. The summed E-state index contributed by atoms with van der Waals surface area (Å²) in [6.07, 6.45) is 3.41. The number of fused-ring (bicyclic) bond motifs is 1. The van der Waals surface area contributed by atoms with Crippen LogP contribution in [0, 0.1) is 5.82 Å². The summed E-state index contributed by atoms with van der Waals surface area (Å²) < 4.78 is 22.9. The first-order valence-corrected chi connectivity index (χ1v) is 9.39. The van der Waals surface area contributed by atoms with Crippen LogP contribution in [0.1, 0.15) is 28.9 Å². The molecule has 1 aromatic heterocycles. The average molecular weight is 454 g/mol. The summed E-state index contributed by atoms with van der Waals surface area (Å²) in [5, 5.41) is 12.8. The largest absolute Gasteiger partial charge is 0.488 e. The Kier molecular flexibility index (Phi) is 6.24. The number of carboxylic acid groups (broad SMARTS) is 1. The predicted molar refractivity (Wildman–Crippen MR) is 122 cm³/mol. The quantitative estimate of drug-likeness (QED) is 0.720. The minimum Gasteiger partial charge on any atom is -0.488 e. The number of carboxylic acids is 1. The number of benzene rings is 1. The summed E-state index contributed by atoms with van der Waals surface area (Å²) >= 11 is 0. The standard InChI is InChI=1S/C20H20FN3O4.2H2S/c1-10-9-28-19-16(11-4-12-6-22-2-3-23(12)7-11)15(21)5-13-17(19)24(10)8-14(18(13)25)20(26)27;;/h4-5,8,10,12,22H,2-3,6-7,9H2,1H3,(H,26,27);2*1H2/t10-,12-;;/m0../s1. The molecule has 0 bridgehead atoms. The molecule has 2 atom stereocenters. The number of aromatic carboxylic acids is 1. The monoisotopic (exact) mass is 453 g/mol. The van der Waals surface area contributed by atoms with Crippen LogP contribution in [0.3, 0.4) is 0 Å². The molecular weight excluding hydrogens is 429 g/mol. The molecule has 7 nitrogen and oxygen atoms in total. The third-order valence-corrected chi connectivity index (χ3v) is 5.88. The summed E-state index contributed by atoms with van der Waals surface area (Å²) in [6, 6.07) is 1.21. The lowest BCUT2D eigenvalue weighted by Gasteiger charge is -2.30. The maximum absolute atomic E-state index is 15.2. The second-order valence-corrected chi connectivity index (χ2v) is 7.64. The van der Waals surface area contributed by atoms with Gasteiger partial charge in [0.1, 0.15) is 18.0 Å². The topological polar surface area (TPSA) is 83.8 Å². The van der Waals surface area contributed by atoms with E-state index >= 15 is 4.39 Å². The molecular formula is C20H24FN3O4S2. The van der Waals surface area contributed by atoms with E-state index < -0.39 is 17.2 Å². The number of hydrogen-bond donors (Lipinski definition) is 2. The summed E-state index contributed by atoms with van der Waals surface area (Å²) in [5.74, 6) is -1.54. The molecule has 0 unspecified atom stereocenters. The van der Waals surface area contributed by atoms with Crippen LogP contribution in [-0.2, 0) is 0 Å². The van der Waals surface area contributed by atoms with E-state index in [1.807, 2.05) is 6.92 Å². The molecule has 0 aliphatic carbocycles. The first-order valence-electron chi connectivity index (χ1n) is 9.39. The van der Waals surface area contributed by atoms with Gasteiger partial charge in [0.15, 0.2) is 5.75 Å². The van der Waals surface area contributed by atoms with Crippen LogP contribution in [0.5, 0.6) is 5.75 Å². The average Bonchev–Trinajstić information content (AvgIpc) is 3.09. The van der Waals surface area contributed by atoms with Crippen LogP contribution in [0.25, 0.3) is 16.5 Å². The highest BCUT2D eigenvalue weighted by atomic mass is 32.1. The van der Waals surface area contributed by atoms with Crippen molar-refractivity contribution in [2.24, 2.45) is 0 Å². The number of carbonyl (C=O) groups is 1. The smallest absolute Gasteiger partial charge is 0.341 e. The van der Waals surface area contributed by atoms with Gasteiger partial charge in [-0.3, -0.25) is 9.69 Å². The number of rotatable bonds is 2. The van der Waals surface area contributed by atoms with Crippen LogP contribution < -0.4 is 15.5 Å². The van der Waals surface area contributed by atoms with Gasteiger partial charge in [0.25, 0.3) is 0 Å². The van der Waals surface area contributed by atoms with Gasteiger partial charge in [0.2, 0.25) is 5.43 Å². The van der Waals surface area contributed by atoms with Gasteiger partial charge in [-0.05, 0) is 18.6 Å². The van der Waals surface area contributed by atoms with Crippen LogP contribution in [0.4, 0.5) is 4.39 Å². The molecule has 0 radical (unpaired) electrons. The molecule has 4 heterocycles. The maximum atomic E-state index is 15.2. The number of pyridine rings is 1. The highest BCUT2D eigenvalue weighted by Gasteiger charge is 2.33. The fraction of sp³-hybridized carbons (Fsp3) is 0.400. The molecule has 10 heteroatoms. The molecule has 0 spiro atoms. The Labute approximate surface area is 186 Å². The predicted octanol–water partition coefficient (Wildman–Crippen LogP) is 1.69. The lowest BCUT2D eigenvalue weighted by atomic mass is 9.98. The molecule has 0 saturated carbocycles. The lowest BCUT2D eigenvalue weighted by Crippen LogP contribution is -2.47. The number of hydrogen-bond acceptors (Lipinski definition) is 5. The highest BCUT2D eigenvalue weighted by Crippen LogP contribution is 2.41. The number of piperazine rings is 1. The van der Waals surface area contributed by atoms with Gasteiger partial charge in [-0.15, -0.1) is 0 Å². The van der Waals surface area contributed by atoms with Crippen molar-refractivity contribution < 1.29 is 19.0 Å². The molecule has 3 aliphatic rings. The van der Waals surface area contributed by atoms with Gasteiger partial charge in [0.05, 0.1) is 22.5 Å². The van der Waals surface area contributed by atoms with Gasteiger partial charge in [-0.2, -0.15) is 27.0 Å². The second-order valence-electron chi connectivity index (χ2n) is 7.64. The normalized spacial score (nSPS) is 22.4. The summed E-state index contributed by atoms with van der Waals surface area (Å²) in [6.45, 7) is 5.39. The molecule has 1 aromatic carbocycles. The van der Waals surface area contributed by atoms with E-state index in [1.165, 1.54) is 6.20 Å². The molecule has 0 amide bonds. The van der Waals surface area contributed by atoms with Crippen LogP contribution >= 0.6 is 27.0 Å². The van der Waals surface area contributed by atoms with Crippen LogP contribution in [0.15, 0.2) is 23.1 Å². The summed E-state index contributed by atoms with van der Waals surface area (Å²) in [7, 11) is 0. The van der Waals surface area contributed by atoms with Gasteiger partial charge < -0.3 is 19.7 Å². The third kappa shape index (κ3) is 3.31. The first kappa shape index (κ1) is 22.7. The molecule has 3 aliphatic heterocycles. The molecule has 2 aromatic rings. The minimum atomic E-state index is -1.32. The Hall–Kier alpha value is -2.01. The fourth-order valence-electron chi connectivity index (χ4n) is 4.47. The highest BCUT2D eigenvalue weighted by molar-refractivity contribution is 7.59. The molecule has 1 saturated heterocycles. The van der Waals surface area contributed by atoms with E-state index in [0.29, 0.717) is 23.4 Å². The van der Waals surface area contributed by atoms with E-state index in [0.717, 1.165) is 31.3 Å². The Balaban J connectivity index is 0.00000128. The van der Waals surface area contributed by atoms with E-state index in [2.05, 4.69) is 16.3 Å². The second kappa shape index (κ2) is 8.26. The van der Waals surface area contributed by atoms with Crippen LogP contribution in [0.2, 0.25) is 0 Å². The zero-order chi connectivity index (χ0) is 19.6. The van der Waals surface area contributed by atoms with E-state index in [-0.39, 0.29) is 56.6 Å². The van der Waals surface area contributed by atoms with E-state index in [9.17, 15) is 14.7 Å². The zero-order valence-corrected chi connectivity index (χ0v) is 18.4. The Morgan fingerprint density at radius 2 is 2.13 bits per heavy atom. The Bertz CT molecular complexity index is 1120. The van der Waals surface area contributed by atoms with Gasteiger partial charge in [0, 0.05) is 38.4 Å². The number of halogens is 1. The molecule has 2 N–H and O–H groups in total. The van der Waals surface area contributed by atoms with Crippen molar-refractivity contribution in [3.63, 3.8) is 0 Å². The lowest BCUT2D eigenvalue weighted by molar-refractivity contribution is 0.0694. The Morgan fingerprint density at radius 3 is 2.83 bits per heavy atom. The number of nitrogens with one attached hydrogen (secondary N) is 1. The maximum Gasteiger partial charge on any atom is 0.341 e. The summed E-state index contributed by atoms with van der Waals surface area (Å²) in [5.41, 5.74) is 0.644. The molecule has 30 heavy (non-hydrogen) atoms. The summed E-state index contributed by atoms with van der Waals surface area (Å²) in [4.78, 5) is 26.4. The van der Waals surface area contributed by atoms with Gasteiger partial charge in [-0.1, -0.05) is 6.08 Å². The fourth-order valence-corrected chi connectivity index (χ4v) is 4.47. The van der Waals surface area contributed by atoms with Crippen molar-refractivity contribution in [1.82, 2.24) is 14.8 Å². The van der Waals surface area contributed by atoms with Crippen LogP contribution in [-0.4, -0.2) is 59.4 Å². The first-order chi connectivity index (χ1) is 13.5. The molecule has 5 rings (SSSR count). The number of ether oxygens (including phenoxy) is 1. The van der Waals surface area contributed by atoms with Crippen molar-refractivity contribution in [3.05, 3.63) is 45.5 Å².